The number of nitrogen functional groups attached to an aromatic ring is 1. The van der Waals surface area contributed by atoms with Crippen molar-refractivity contribution in [3.8, 4) is 5.95 Å². The largest absolute Gasteiger partial charge is 0.372 e. The minimum Gasteiger partial charge on any atom is -0.372 e. The monoisotopic (exact) mass is 290 g/mol. The Kier molecular flexibility index (Phi) is 3.43. The quantitative estimate of drug-likeness (QED) is 0.599. The predicted molar refractivity (Wildman–Crippen MR) is 77.0 cm³/mol. The highest BCUT2D eigenvalue weighted by atomic mass is 16.5. The fourth-order valence-corrected chi connectivity index (χ4v) is 2.24. The first-order valence-corrected chi connectivity index (χ1v) is 6.69. The second-order valence-corrected chi connectivity index (χ2v) is 5.38. The molecule has 0 aromatic carbocycles. The first-order chi connectivity index (χ1) is 10.1. The van der Waals surface area contributed by atoms with Crippen molar-refractivity contribution in [3.05, 3.63) is 18.5 Å². The standard InChI is InChI=1S/C12H18N8O/c1-12(2)8-19(6-7-21-12)10-15-9(18-13)16-11(17-10)20-5-3-4-14-20/h3-5H,6-8,13H2,1-2H3,(H,15,16,17,18). The van der Waals surface area contributed by atoms with Crippen molar-refractivity contribution < 1.29 is 4.74 Å². The Labute approximate surface area is 122 Å². The predicted octanol–water partition coefficient (Wildman–Crippen LogP) is -0.0419. The first kappa shape index (κ1) is 13.7. The Morgan fingerprint density at radius 1 is 1.29 bits per heavy atom. The van der Waals surface area contributed by atoms with Gasteiger partial charge in [-0.15, -0.1) is 0 Å². The van der Waals surface area contributed by atoms with Crippen LogP contribution in [0.1, 0.15) is 13.8 Å². The van der Waals surface area contributed by atoms with Crippen molar-refractivity contribution in [3.63, 3.8) is 0 Å². The summed E-state index contributed by atoms with van der Waals surface area (Å²) in [7, 11) is 0. The van der Waals surface area contributed by atoms with Crippen LogP contribution in [0.4, 0.5) is 11.9 Å². The van der Waals surface area contributed by atoms with Crippen LogP contribution in [0.15, 0.2) is 18.5 Å². The zero-order valence-corrected chi connectivity index (χ0v) is 12.0. The summed E-state index contributed by atoms with van der Waals surface area (Å²) in [6.07, 6.45) is 3.43. The summed E-state index contributed by atoms with van der Waals surface area (Å²) in [5.41, 5.74) is 2.23. The number of nitrogens with zero attached hydrogens (tertiary/aromatic N) is 6. The Bertz CT molecular complexity index is 612. The Morgan fingerprint density at radius 3 is 2.76 bits per heavy atom. The molecule has 0 amide bonds. The third-order valence-corrected chi connectivity index (χ3v) is 3.16. The van der Waals surface area contributed by atoms with E-state index in [1.165, 1.54) is 0 Å². The number of morpholine rings is 1. The van der Waals surface area contributed by atoms with E-state index in [1.54, 1.807) is 23.1 Å². The lowest BCUT2D eigenvalue weighted by atomic mass is 10.1. The number of ether oxygens (including phenoxy) is 1. The van der Waals surface area contributed by atoms with Gasteiger partial charge in [0, 0.05) is 25.5 Å². The lowest BCUT2D eigenvalue weighted by Gasteiger charge is -2.38. The number of hydrogen-bond donors (Lipinski definition) is 2. The molecular formula is C12H18N8O. The molecule has 1 fully saturated rings. The molecule has 112 valence electrons. The SMILES string of the molecule is CC1(C)CN(c2nc(NN)nc(-n3cccn3)n2)CCO1. The van der Waals surface area contributed by atoms with Crippen LogP contribution in [0.3, 0.4) is 0 Å². The molecule has 3 heterocycles. The van der Waals surface area contributed by atoms with Crippen molar-refractivity contribution in [2.75, 3.05) is 30.0 Å². The van der Waals surface area contributed by atoms with Gasteiger partial charge in [-0.1, -0.05) is 0 Å². The van der Waals surface area contributed by atoms with E-state index < -0.39 is 0 Å². The van der Waals surface area contributed by atoms with Gasteiger partial charge in [0.15, 0.2) is 0 Å². The number of aromatic nitrogens is 5. The van der Waals surface area contributed by atoms with Crippen molar-refractivity contribution >= 4 is 11.9 Å². The Hall–Kier alpha value is -2.26. The summed E-state index contributed by atoms with van der Waals surface area (Å²) >= 11 is 0. The summed E-state index contributed by atoms with van der Waals surface area (Å²) < 4.78 is 7.27. The second kappa shape index (κ2) is 5.26. The van der Waals surface area contributed by atoms with Crippen LogP contribution >= 0.6 is 0 Å². The van der Waals surface area contributed by atoms with Crippen LogP contribution in [0.25, 0.3) is 5.95 Å². The summed E-state index contributed by atoms with van der Waals surface area (Å²) in [6, 6.07) is 1.80. The average Bonchev–Trinajstić information content (AvgIpc) is 3.00. The smallest absolute Gasteiger partial charge is 0.257 e. The van der Waals surface area contributed by atoms with E-state index in [2.05, 4.69) is 30.4 Å². The van der Waals surface area contributed by atoms with Crippen LogP contribution in [0, 0.1) is 0 Å². The number of hydrazine groups is 1. The molecule has 2 aromatic heterocycles. The lowest BCUT2D eigenvalue weighted by molar-refractivity contribution is -0.0281. The number of hydrogen-bond acceptors (Lipinski definition) is 8. The number of nitrogens with one attached hydrogen (secondary N) is 1. The third-order valence-electron chi connectivity index (χ3n) is 3.16. The van der Waals surface area contributed by atoms with Crippen LogP contribution < -0.4 is 16.2 Å². The van der Waals surface area contributed by atoms with E-state index in [9.17, 15) is 0 Å². The van der Waals surface area contributed by atoms with Gasteiger partial charge in [0.1, 0.15) is 0 Å². The molecule has 1 saturated heterocycles. The molecule has 9 nitrogen and oxygen atoms in total. The van der Waals surface area contributed by atoms with Gasteiger partial charge in [0.25, 0.3) is 5.95 Å². The first-order valence-electron chi connectivity index (χ1n) is 6.69. The highest BCUT2D eigenvalue weighted by Crippen LogP contribution is 2.21. The lowest BCUT2D eigenvalue weighted by Crippen LogP contribution is -2.49. The molecule has 21 heavy (non-hydrogen) atoms. The molecule has 0 aliphatic carbocycles. The molecule has 0 bridgehead atoms. The van der Waals surface area contributed by atoms with Gasteiger partial charge in [-0.2, -0.15) is 20.1 Å². The molecule has 9 heteroatoms. The molecular weight excluding hydrogens is 272 g/mol. The van der Waals surface area contributed by atoms with E-state index in [4.69, 9.17) is 10.6 Å². The minimum absolute atomic E-state index is 0.243. The second-order valence-electron chi connectivity index (χ2n) is 5.38. The van der Waals surface area contributed by atoms with Gasteiger partial charge < -0.3 is 9.64 Å². The number of anilines is 2. The topological polar surface area (TPSA) is 107 Å². The van der Waals surface area contributed by atoms with E-state index in [0.717, 1.165) is 6.54 Å². The molecule has 0 radical (unpaired) electrons. The zero-order chi connectivity index (χ0) is 14.9. The number of rotatable bonds is 3. The summed E-state index contributed by atoms with van der Waals surface area (Å²) in [5, 5.41) is 4.13. The summed E-state index contributed by atoms with van der Waals surface area (Å²) in [4.78, 5) is 15.1. The fourth-order valence-electron chi connectivity index (χ4n) is 2.24. The van der Waals surface area contributed by atoms with Gasteiger partial charge in [-0.05, 0) is 19.9 Å². The molecule has 3 N–H and O–H groups in total. The number of nitrogens with two attached hydrogens (primary N) is 1. The molecule has 3 rings (SSSR count). The van der Waals surface area contributed by atoms with Crippen LogP contribution in [0.2, 0.25) is 0 Å². The molecule has 1 aliphatic rings. The zero-order valence-electron chi connectivity index (χ0n) is 12.0. The maximum atomic E-state index is 5.71. The summed E-state index contributed by atoms with van der Waals surface area (Å²) in [5.74, 6) is 6.72. The molecule has 1 aliphatic heterocycles. The Morgan fingerprint density at radius 2 is 2.10 bits per heavy atom. The highest BCUT2D eigenvalue weighted by Gasteiger charge is 2.29. The van der Waals surface area contributed by atoms with E-state index in [0.29, 0.717) is 31.0 Å². The molecule has 0 atom stereocenters. The maximum Gasteiger partial charge on any atom is 0.257 e. The van der Waals surface area contributed by atoms with Crippen molar-refractivity contribution in [1.82, 2.24) is 24.7 Å². The van der Waals surface area contributed by atoms with Crippen molar-refractivity contribution in [1.29, 1.82) is 0 Å². The van der Waals surface area contributed by atoms with Gasteiger partial charge >= 0.3 is 0 Å². The minimum atomic E-state index is -0.243. The third kappa shape index (κ3) is 2.93. The Balaban J connectivity index is 1.96. The van der Waals surface area contributed by atoms with Gasteiger partial charge in [-0.3, -0.25) is 5.43 Å². The van der Waals surface area contributed by atoms with Crippen LogP contribution in [0.5, 0.6) is 0 Å². The average molecular weight is 290 g/mol. The maximum absolute atomic E-state index is 5.71. The van der Waals surface area contributed by atoms with Crippen LogP contribution in [-0.2, 0) is 4.74 Å². The van der Waals surface area contributed by atoms with Crippen molar-refractivity contribution in [2.45, 2.75) is 19.4 Å². The van der Waals surface area contributed by atoms with Crippen molar-refractivity contribution in [2.24, 2.45) is 5.84 Å². The normalized spacial score (nSPS) is 17.8. The summed E-state index contributed by atoms with van der Waals surface area (Å²) in [6.45, 7) is 6.12. The van der Waals surface area contributed by atoms with Gasteiger partial charge in [0.2, 0.25) is 11.9 Å². The highest BCUT2D eigenvalue weighted by molar-refractivity contribution is 5.40. The molecule has 0 saturated carbocycles. The van der Waals surface area contributed by atoms with Gasteiger partial charge in [-0.25, -0.2) is 10.5 Å². The molecule has 0 unspecified atom stereocenters. The fraction of sp³-hybridized carbons (Fsp3) is 0.500. The molecule has 0 spiro atoms. The van der Waals surface area contributed by atoms with Crippen LogP contribution in [-0.4, -0.2) is 50.0 Å². The van der Waals surface area contributed by atoms with E-state index >= 15 is 0 Å². The van der Waals surface area contributed by atoms with E-state index in [-0.39, 0.29) is 5.60 Å². The molecule has 2 aromatic rings. The van der Waals surface area contributed by atoms with Gasteiger partial charge in [0.05, 0.1) is 12.2 Å². The van der Waals surface area contributed by atoms with E-state index in [1.807, 2.05) is 13.8 Å².